The normalized spacial score (nSPS) is 19.4. The molecule has 2 fully saturated rings. The number of piperidine rings is 1. The number of amides is 1. The molecule has 25 heavy (non-hydrogen) atoms. The summed E-state index contributed by atoms with van der Waals surface area (Å²) in [5.74, 6) is 0.784. The second kappa shape index (κ2) is 6.38. The Hall–Kier alpha value is -2.57. The van der Waals surface area contributed by atoms with Crippen molar-refractivity contribution in [2.75, 3.05) is 24.5 Å². The van der Waals surface area contributed by atoms with Gasteiger partial charge in [-0.3, -0.25) is 9.78 Å². The first-order valence-electron chi connectivity index (χ1n) is 8.81. The largest absolute Gasteiger partial charge is 0.337 e. The van der Waals surface area contributed by atoms with Crippen molar-refractivity contribution in [2.45, 2.75) is 38.1 Å². The molecule has 0 saturated carbocycles. The summed E-state index contributed by atoms with van der Waals surface area (Å²) in [5, 5.41) is 0. The molecule has 0 unspecified atom stereocenters. The number of aromatic nitrogens is 4. The molecular weight excluding hydrogens is 316 g/mol. The molecule has 7 heteroatoms. The van der Waals surface area contributed by atoms with Crippen LogP contribution in [-0.4, -0.2) is 55.9 Å². The van der Waals surface area contributed by atoms with Crippen LogP contribution in [0.25, 0.3) is 0 Å². The van der Waals surface area contributed by atoms with Crippen LogP contribution in [0.5, 0.6) is 0 Å². The molecule has 0 aliphatic carbocycles. The van der Waals surface area contributed by atoms with Crippen molar-refractivity contribution in [2.24, 2.45) is 0 Å². The van der Waals surface area contributed by atoms with Gasteiger partial charge in [0.15, 0.2) is 0 Å². The Labute approximate surface area is 147 Å². The zero-order valence-electron chi connectivity index (χ0n) is 14.4. The van der Waals surface area contributed by atoms with Gasteiger partial charge in [-0.25, -0.2) is 15.0 Å². The van der Waals surface area contributed by atoms with E-state index in [0.29, 0.717) is 5.69 Å². The standard InChI is InChI=1S/C18H22N6O/c1-14-12-22-15(13-21-14)16(25)23-10-5-18(6-11-23)4-2-9-24(18)17-19-7-3-8-20-17/h3,7-8,12-13H,2,4-6,9-11H2,1H3. The van der Waals surface area contributed by atoms with E-state index in [1.165, 1.54) is 0 Å². The lowest BCUT2D eigenvalue weighted by atomic mass is 9.85. The van der Waals surface area contributed by atoms with Crippen LogP contribution in [0.15, 0.2) is 30.9 Å². The average Bonchev–Trinajstić information content (AvgIpc) is 3.06. The van der Waals surface area contributed by atoms with E-state index in [0.717, 1.165) is 57.0 Å². The van der Waals surface area contributed by atoms with Gasteiger partial charge in [0.1, 0.15) is 5.69 Å². The van der Waals surface area contributed by atoms with E-state index in [4.69, 9.17) is 0 Å². The van der Waals surface area contributed by atoms with Gasteiger partial charge in [-0.15, -0.1) is 0 Å². The molecule has 2 aliphatic rings. The van der Waals surface area contributed by atoms with Gasteiger partial charge < -0.3 is 9.80 Å². The van der Waals surface area contributed by atoms with Gasteiger partial charge in [-0.05, 0) is 38.7 Å². The van der Waals surface area contributed by atoms with Crippen molar-refractivity contribution in [3.63, 3.8) is 0 Å². The van der Waals surface area contributed by atoms with Crippen LogP contribution in [0, 0.1) is 6.92 Å². The summed E-state index contributed by atoms with van der Waals surface area (Å²) in [5.41, 5.74) is 1.33. The molecule has 0 aromatic carbocycles. The predicted molar refractivity (Wildman–Crippen MR) is 93.2 cm³/mol. The molecule has 2 aliphatic heterocycles. The Morgan fingerprint density at radius 1 is 1.00 bits per heavy atom. The zero-order valence-corrected chi connectivity index (χ0v) is 14.4. The number of anilines is 1. The maximum absolute atomic E-state index is 12.7. The molecule has 0 radical (unpaired) electrons. The molecule has 1 spiro atoms. The Morgan fingerprint density at radius 2 is 1.76 bits per heavy atom. The van der Waals surface area contributed by atoms with E-state index in [1.807, 2.05) is 17.9 Å². The summed E-state index contributed by atoms with van der Waals surface area (Å²) >= 11 is 0. The SMILES string of the molecule is Cc1cnc(C(=O)N2CCC3(CCCN3c3ncccn3)CC2)cn1. The van der Waals surface area contributed by atoms with Gasteiger partial charge in [-0.2, -0.15) is 0 Å². The lowest BCUT2D eigenvalue weighted by Crippen LogP contribution is -2.54. The second-order valence-corrected chi connectivity index (χ2v) is 6.86. The summed E-state index contributed by atoms with van der Waals surface area (Å²) in [6.07, 6.45) is 11.0. The van der Waals surface area contributed by atoms with Crippen molar-refractivity contribution >= 4 is 11.9 Å². The minimum atomic E-state index is -0.0251. The lowest BCUT2D eigenvalue weighted by molar-refractivity contribution is 0.0665. The molecule has 0 N–H and O–H groups in total. The number of likely N-dealkylation sites (tertiary alicyclic amines) is 1. The van der Waals surface area contributed by atoms with E-state index >= 15 is 0 Å². The summed E-state index contributed by atoms with van der Waals surface area (Å²) in [6, 6.07) is 1.84. The van der Waals surface area contributed by atoms with E-state index in [1.54, 1.807) is 24.8 Å². The van der Waals surface area contributed by atoms with Crippen molar-refractivity contribution < 1.29 is 4.79 Å². The Bertz CT molecular complexity index is 740. The minimum Gasteiger partial charge on any atom is -0.337 e. The first kappa shape index (κ1) is 15.9. The molecule has 1 amide bonds. The number of carbonyl (C=O) groups excluding carboxylic acids is 1. The minimum absolute atomic E-state index is 0.0251. The third-order valence-corrected chi connectivity index (χ3v) is 5.37. The average molecular weight is 338 g/mol. The summed E-state index contributed by atoms with van der Waals surface area (Å²) in [4.78, 5) is 34.2. The first-order chi connectivity index (χ1) is 12.2. The number of aryl methyl sites for hydroxylation is 1. The summed E-state index contributed by atoms with van der Waals surface area (Å²) < 4.78 is 0. The molecule has 4 heterocycles. The highest BCUT2D eigenvalue weighted by atomic mass is 16.2. The topological polar surface area (TPSA) is 75.1 Å². The molecule has 0 atom stereocenters. The number of hydrogen-bond acceptors (Lipinski definition) is 6. The molecule has 4 rings (SSSR count). The fourth-order valence-electron chi connectivity index (χ4n) is 3.99. The van der Waals surface area contributed by atoms with Crippen molar-refractivity contribution in [3.05, 3.63) is 42.2 Å². The third kappa shape index (κ3) is 2.94. The lowest BCUT2D eigenvalue weighted by Gasteiger charge is -2.44. The van der Waals surface area contributed by atoms with Crippen LogP contribution in [0.2, 0.25) is 0 Å². The fourth-order valence-corrected chi connectivity index (χ4v) is 3.99. The predicted octanol–water partition coefficient (Wildman–Crippen LogP) is 1.85. The molecule has 130 valence electrons. The molecule has 0 bridgehead atoms. The highest BCUT2D eigenvalue weighted by Gasteiger charge is 2.45. The monoisotopic (exact) mass is 338 g/mol. The van der Waals surface area contributed by atoms with Crippen molar-refractivity contribution in [1.29, 1.82) is 0 Å². The Morgan fingerprint density at radius 3 is 2.44 bits per heavy atom. The number of carbonyl (C=O) groups is 1. The van der Waals surface area contributed by atoms with Gasteiger partial charge in [0.25, 0.3) is 5.91 Å². The third-order valence-electron chi connectivity index (χ3n) is 5.37. The van der Waals surface area contributed by atoms with Crippen molar-refractivity contribution in [3.8, 4) is 0 Å². The zero-order chi connectivity index (χ0) is 17.3. The maximum Gasteiger partial charge on any atom is 0.274 e. The van der Waals surface area contributed by atoms with Crippen LogP contribution < -0.4 is 4.90 Å². The van der Waals surface area contributed by atoms with Gasteiger partial charge in [0.05, 0.1) is 11.9 Å². The number of nitrogens with zero attached hydrogens (tertiary/aromatic N) is 6. The van der Waals surface area contributed by atoms with E-state index in [9.17, 15) is 4.79 Å². The highest BCUT2D eigenvalue weighted by molar-refractivity contribution is 5.92. The van der Waals surface area contributed by atoms with Crippen LogP contribution in [0.3, 0.4) is 0 Å². The van der Waals surface area contributed by atoms with E-state index in [-0.39, 0.29) is 11.4 Å². The molecule has 2 aromatic rings. The number of hydrogen-bond donors (Lipinski definition) is 0. The van der Waals surface area contributed by atoms with E-state index < -0.39 is 0 Å². The first-order valence-corrected chi connectivity index (χ1v) is 8.81. The van der Waals surface area contributed by atoms with Crippen LogP contribution in [0.4, 0.5) is 5.95 Å². The van der Waals surface area contributed by atoms with Gasteiger partial charge in [0, 0.05) is 43.8 Å². The Kier molecular flexibility index (Phi) is 4.07. The van der Waals surface area contributed by atoms with Crippen LogP contribution in [0.1, 0.15) is 41.9 Å². The molecule has 7 nitrogen and oxygen atoms in total. The summed E-state index contributed by atoms with van der Waals surface area (Å²) in [6.45, 7) is 4.32. The van der Waals surface area contributed by atoms with Gasteiger partial charge >= 0.3 is 0 Å². The second-order valence-electron chi connectivity index (χ2n) is 6.86. The van der Waals surface area contributed by atoms with Crippen LogP contribution >= 0.6 is 0 Å². The maximum atomic E-state index is 12.7. The van der Waals surface area contributed by atoms with Gasteiger partial charge in [0.2, 0.25) is 5.95 Å². The van der Waals surface area contributed by atoms with Crippen LogP contribution in [-0.2, 0) is 0 Å². The summed E-state index contributed by atoms with van der Waals surface area (Å²) in [7, 11) is 0. The van der Waals surface area contributed by atoms with Gasteiger partial charge in [-0.1, -0.05) is 0 Å². The molecule has 2 saturated heterocycles. The molecule has 2 aromatic heterocycles. The highest BCUT2D eigenvalue weighted by Crippen LogP contribution is 2.40. The van der Waals surface area contributed by atoms with Crippen molar-refractivity contribution in [1.82, 2.24) is 24.8 Å². The quantitative estimate of drug-likeness (QED) is 0.832. The number of rotatable bonds is 2. The fraction of sp³-hybridized carbons (Fsp3) is 0.500. The van der Waals surface area contributed by atoms with E-state index in [2.05, 4.69) is 24.8 Å². The smallest absolute Gasteiger partial charge is 0.274 e. The molecular formula is C18H22N6O. The Balaban J connectivity index is 1.47.